The molecule has 3 aromatic rings. The number of aryl methyl sites for hydroxylation is 1. The van der Waals surface area contributed by atoms with Crippen LogP contribution in [0.1, 0.15) is 42.4 Å². The number of hydrogen-bond donors (Lipinski definition) is 1. The SMILES string of the molecule is Cc1noc(N2C[C@H]3CC[C@@H](C2)[C@@H]3Nc2nc3n(n2)CC(C(F)(F)F)CC3c2ccc(F)c(F)c2F)n1. The number of alkyl halides is 3. The summed E-state index contributed by atoms with van der Waals surface area (Å²) in [5, 5.41) is 11.4. The highest BCUT2D eigenvalue weighted by atomic mass is 19.4. The van der Waals surface area contributed by atoms with Crippen molar-refractivity contribution in [2.45, 2.75) is 50.9 Å². The summed E-state index contributed by atoms with van der Waals surface area (Å²) in [5.41, 5.74) is -0.378. The van der Waals surface area contributed by atoms with Crippen LogP contribution in [0.25, 0.3) is 0 Å². The Bertz CT molecular complexity index is 1310. The van der Waals surface area contributed by atoms with Crippen LogP contribution < -0.4 is 10.2 Å². The number of anilines is 2. The zero-order chi connectivity index (χ0) is 26.1. The number of hydrogen-bond acceptors (Lipinski definition) is 7. The van der Waals surface area contributed by atoms with Crippen LogP contribution in [0.2, 0.25) is 0 Å². The number of aromatic nitrogens is 5. The second-order valence-corrected chi connectivity index (χ2v) is 10.1. The second-order valence-electron chi connectivity index (χ2n) is 10.1. The van der Waals surface area contributed by atoms with Crippen LogP contribution in [0.4, 0.5) is 38.3 Å². The summed E-state index contributed by atoms with van der Waals surface area (Å²) < 4.78 is 89.7. The Labute approximate surface area is 207 Å². The van der Waals surface area contributed by atoms with Crippen LogP contribution in [-0.2, 0) is 6.54 Å². The topological polar surface area (TPSA) is 84.9 Å². The first kappa shape index (κ1) is 24.0. The van der Waals surface area contributed by atoms with Gasteiger partial charge in [-0.3, -0.25) is 0 Å². The van der Waals surface area contributed by atoms with E-state index in [1.807, 2.05) is 4.90 Å². The molecular weight excluding hydrogens is 504 g/mol. The summed E-state index contributed by atoms with van der Waals surface area (Å²) in [4.78, 5) is 10.7. The zero-order valence-electron chi connectivity index (χ0n) is 19.6. The molecule has 1 aromatic carbocycles. The van der Waals surface area contributed by atoms with Crippen molar-refractivity contribution >= 4 is 12.0 Å². The molecule has 8 nitrogen and oxygen atoms in total. The Morgan fingerprint density at radius 3 is 2.38 bits per heavy atom. The average Bonchev–Trinajstić information content (AvgIpc) is 3.52. The van der Waals surface area contributed by atoms with Crippen LogP contribution in [0.3, 0.4) is 0 Å². The van der Waals surface area contributed by atoms with Gasteiger partial charge in [0.15, 0.2) is 23.3 Å². The zero-order valence-corrected chi connectivity index (χ0v) is 19.6. The van der Waals surface area contributed by atoms with Crippen LogP contribution in [0, 0.1) is 42.1 Å². The fourth-order valence-electron chi connectivity index (χ4n) is 5.97. The van der Waals surface area contributed by atoms with Gasteiger partial charge in [-0.15, -0.1) is 5.10 Å². The molecule has 1 saturated heterocycles. The van der Waals surface area contributed by atoms with Gasteiger partial charge in [0, 0.05) is 30.6 Å². The molecule has 2 aromatic heterocycles. The monoisotopic (exact) mass is 527 g/mol. The molecule has 2 aliphatic heterocycles. The third-order valence-electron chi connectivity index (χ3n) is 7.75. The summed E-state index contributed by atoms with van der Waals surface area (Å²) >= 11 is 0. The van der Waals surface area contributed by atoms with E-state index in [1.165, 1.54) is 0 Å². The van der Waals surface area contributed by atoms with Gasteiger partial charge in [0.1, 0.15) is 5.82 Å². The number of nitrogens with zero attached hydrogens (tertiary/aromatic N) is 6. The minimum atomic E-state index is -4.58. The Morgan fingerprint density at radius 2 is 1.73 bits per heavy atom. The highest BCUT2D eigenvalue weighted by molar-refractivity contribution is 5.36. The number of piperidine rings is 1. The largest absolute Gasteiger partial charge is 0.393 e. The summed E-state index contributed by atoms with van der Waals surface area (Å²) in [6, 6.07) is 2.11. The molecule has 2 fully saturated rings. The maximum atomic E-state index is 14.6. The van der Waals surface area contributed by atoms with Gasteiger partial charge in [-0.2, -0.15) is 23.1 Å². The highest BCUT2D eigenvalue weighted by Gasteiger charge is 2.47. The van der Waals surface area contributed by atoms with Gasteiger partial charge in [-0.25, -0.2) is 17.9 Å². The van der Waals surface area contributed by atoms with Crippen LogP contribution in [0.15, 0.2) is 16.7 Å². The van der Waals surface area contributed by atoms with E-state index in [2.05, 4.69) is 25.5 Å². The number of nitrogens with one attached hydrogen (secondary N) is 1. The van der Waals surface area contributed by atoms with E-state index < -0.39 is 48.4 Å². The first-order chi connectivity index (χ1) is 17.6. The molecule has 0 amide bonds. The molecule has 5 atom stereocenters. The summed E-state index contributed by atoms with van der Waals surface area (Å²) in [5.74, 6) is -6.60. The maximum absolute atomic E-state index is 14.6. The van der Waals surface area contributed by atoms with Gasteiger partial charge in [-0.1, -0.05) is 11.2 Å². The van der Waals surface area contributed by atoms with E-state index in [1.54, 1.807) is 6.92 Å². The lowest BCUT2D eigenvalue weighted by Crippen LogP contribution is -2.48. The van der Waals surface area contributed by atoms with Crippen molar-refractivity contribution in [3.05, 3.63) is 46.8 Å². The van der Waals surface area contributed by atoms with Crippen molar-refractivity contribution in [3.63, 3.8) is 0 Å². The number of halogens is 6. The molecule has 14 heteroatoms. The van der Waals surface area contributed by atoms with E-state index >= 15 is 0 Å². The fraction of sp³-hybridized carbons (Fsp3) is 0.565. The van der Waals surface area contributed by atoms with Crippen molar-refractivity contribution in [2.24, 2.45) is 17.8 Å². The normalized spacial score (nSPS) is 27.4. The minimum absolute atomic E-state index is 0.0263. The van der Waals surface area contributed by atoms with Crippen molar-refractivity contribution < 1.29 is 30.9 Å². The predicted molar refractivity (Wildman–Crippen MR) is 117 cm³/mol. The molecule has 1 aliphatic carbocycles. The third-order valence-corrected chi connectivity index (χ3v) is 7.75. The van der Waals surface area contributed by atoms with Crippen molar-refractivity contribution in [1.82, 2.24) is 24.9 Å². The molecule has 2 bridgehead atoms. The Kier molecular flexibility index (Phi) is 5.60. The minimum Gasteiger partial charge on any atom is -0.350 e. The summed E-state index contributed by atoms with van der Waals surface area (Å²) in [6.45, 7) is 2.56. The van der Waals surface area contributed by atoms with Gasteiger partial charge in [0.25, 0.3) is 0 Å². The number of rotatable bonds is 4. The third kappa shape index (κ3) is 4.19. The second kappa shape index (κ2) is 8.62. The Hall–Kier alpha value is -3.32. The number of benzene rings is 1. The lowest BCUT2D eigenvalue weighted by Gasteiger charge is -2.37. The molecule has 37 heavy (non-hydrogen) atoms. The van der Waals surface area contributed by atoms with Crippen molar-refractivity contribution in [1.29, 1.82) is 0 Å². The first-order valence-electron chi connectivity index (χ1n) is 12.0. The van der Waals surface area contributed by atoms with E-state index in [0.29, 0.717) is 31.0 Å². The van der Waals surface area contributed by atoms with E-state index in [-0.39, 0.29) is 35.2 Å². The molecule has 1 N–H and O–H groups in total. The van der Waals surface area contributed by atoms with Crippen molar-refractivity contribution in [3.8, 4) is 0 Å². The van der Waals surface area contributed by atoms with Crippen LogP contribution >= 0.6 is 0 Å². The average molecular weight is 527 g/mol. The van der Waals surface area contributed by atoms with E-state index in [9.17, 15) is 26.3 Å². The van der Waals surface area contributed by atoms with Gasteiger partial charge in [0.05, 0.1) is 12.5 Å². The lowest BCUT2D eigenvalue weighted by molar-refractivity contribution is -0.184. The van der Waals surface area contributed by atoms with E-state index in [4.69, 9.17) is 4.52 Å². The molecule has 198 valence electrons. The smallest absolute Gasteiger partial charge is 0.350 e. The predicted octanol–water partition coefficient (Wildman–Crippen LogP) is 4.43. The van der Waals surface area contributed by atoms with Crippen molar-refractivity contribution in [2.75, 3.05) is 23.3 Å². The molecule has 2 unspecified atom stereocenters. The Balaban J connectivity index is 1.28. The van der Waals surface area contributed by atoms with Crippen LogP contribution in [-0.4, -0.2) is 50.2 Å². The highest BCUT2D eigenvalue weighted by Crippen LogP contribution is 2.44. The summed E-state index contributed by atoms with van der Waals surface area (Å²) in [6.07, 6.45) is -3.27. The molecule has 4 heterocycles. The summed E-state index contributed by atoms with van der Waals surface area (Å²) in [7, 11) is 0. The lowest BCUT2D eigenvalue weighted by atomic mass is 9.84. The fourth-order valence-corrected chi connectivity index (χ4v) is 5.97. The van der Waals surface area contributed by atoms with Gasteiger partial charge in [0.2, 0.25) is 5.95 Å². The van der Waals surface area contributed by atoms with E-state index in [0.717, 1.165) is 23.6 Å². The molecule has 0 spiro atoms. The number of fused-ring (bicyclic) bond motifs is 3. The quantitative estimate of drug-likeness (QED) is 0.397. The van der Waals surface area contributed by atoms with Gasteiger partial charge in [-0.05, 0) is 44.1 Å². The molecular formula is C23H23F6N7O. The first-order valence-corrected chi connectivity index (χ1v) is 12.0. The van der Waals surface area contributed by atoms with Gasteiger partial charge < -0.3 is 14.7 Å². The molecule has 3 aliphatic rings. The standard InChI is InChI=1S/C23H23F6N7O/c1-10-30-22(37-34-10)35-7-11-2-3-12(8-35)19(11)31-21-32-20-15(14-4-5-16(24)18(26)17(14)25)6-13(23(27,28)29)9-36(20)33-21/h4-5,11-13,15,19H,2-3,6-9H2,1H3,(H,31,33)/t11-,12+,13?,15?,19-. The molecule has 6 rings (SSSR count). The van der Waals surface area contributed by atoms with Gasteiger partial charge >= 0.3 is 12.2 Å². The van der Waals surface area contributed by atoms with Crippen LogP contribution in [0.5, 0.6) is 0 Å². The molecule has 1 saturated carbocycles. The Morgan fingerprint density at radius 1 is 1.00 bits per heavy atom. The maximum Gasteiger partial charge on any atom is 0.393 e. The molecule has 0 radical (unpaired) electrons.